The Bertz CT molecular complexity index is 585. The average molecular weight is 297 g/mol. The van der Waals surface area contributed by atoms with Crippen LogP contribution in [0.15, 0.2) is 30.5 Å². The summed E-state index contributed by atoms with van der Waals surface area (Å²) in [5, 5.41) is 29.0. The molecule has 20 heavy (non-hydrogen) atoms. The second-order valence-electron chi connectivity index (χ2n) is 4.05. The monoisotopic (exact) mass is 296 g/mol. The number of benzene rings is 1. The maximum absolute atomic E-state index is 11.3. The van der Waals surface area contributed by atoms with Crippen molar-refractivity contribution in [2.75, 3.05) is 11.9 Å². The second kappa shape index (κ2) is 6.36. The lowest BCUT2D eigenvalue weighted by Gasteiger charge is -2.13. The molecule has 0 amide bonds. The Balaban J connectivity index is 2.17. The lowest BCUT2D eigenvalue weighted by molar-refractivity contribution is -0.138. The second-order valence-corrected chi connectivity index (χ2v) is 4.49. The molecule has 0 radical (unpaired) electrons. The van der Waals surface area contributed by atoms with Gasteiger partial charge in [0.15, 0.2) is 6.04 Å². The Morgan fingerprint density at radius 2 is 2.10 bits per heavy atom. The van der Waals surface area contributed by atoms with E-state index in [9.17, 15) is 9.90 Å². The van der Waals surface area contributed by atoms with Crippen LogP contribution in [0.3, 0.4) is 0 Å². The summed E-state index contributed by atoms with van der Waals surface area (Å²) in [6.45, 7) is 0.172. The molecule has 1 heterocycles. The third kappa shape index (κ3) is 3.46. The van der Waals surface area contributed by atoms with Gasteiger partial charge in [-0.2, -0.15) is 0 Å². The fourth-order valence-electron chi connectivity index (χ4n) is 1.63. The summed E-state index contributed by atoms with van der Waals surface area (Å²) in [7, 11) is 0. The molecule has 0 spiro atoms. The number of aliphatic carboxylic acids is 1. The molecule has 0 saturated heterocycles. The summed E-state index contributed by atoms with van der Waals surface area (Å²) in [5.74, 6) is -1.07. The molecule has 1 aromatic carbocycles. The summed E-state index contributed by atoms with van der Waals surface area (Å²) in [4.78, 5) is 11.3. The molecule has 8 heteroatoms. The van der Waals surface area contributed by atoms with Gasteiger partial charge in [0.2, 0.25) is 0 Å². The van der Waals surface area contributed by atoms with E-state index in [1.807, 2.05) is 0 Å². The van der Waals surface area contributed by atoms with Crippen LogP contribution in [-0.2, 0) is 11.3 Å². The molecule has 106 valence electrons. The Hall–Kier alpha value is -2.12. The van der Waals surface area contributed by atoms with Crippen molar-refractivity contribution in [2.45, 2.75) is 12.6 Å². The van der Waals surface area contributed by atoms with Gasteiger partial charge < -0.3 is 15.5 Å². The maximum Gasteiger partial charge on any atom is 0.332 e. The molecule has 7 nitrogen and oxygen atoms in total. The number of aliphatic hydroxyl groups excluding tert-OH is 1. The van der Waals surface area contributed by atoms with Crippen LogP contribution in [0, 0.1) is 0 Å². The third-order valence-corrected chi connectivity index (χ3v) is 2.84. The SMILES string of the molecule is O=C(O)C(Nc1ccc(Cl)cc1)c1cn(CCO)nn1. The van der Waals surface area contributed by atoms with Crippen LogP contribution in [0.2, 0.25) is 5.02 Å². The van der Waals surface area contributed by atoms with E-state index in [1.54, 1.807) is 24.3 Å². The highest BCUT2D eigenvalue weighted by atomic mass is 35.5. The van der Waals surface area contributed by atoms with Gasteiger partial charge in [-0.15, -0.1) is 5.10 Å². The van der Waals surface area contributed by atoms with Gasteiger partial charge in [0.25, 0.3) is 0 Å². The van der Waals surface area contributed by atoms with E-state index in [4.69, 9.17) is 16.7 Å². The van der Waals surface area contributed by atoms with E-state index < -0.39 is 12.0 Å². The molecule has 3 N–H and O–H groups in total. The first-order valence-electron chi connectivity index (χ1n) is 5.86. The molecule has 2 rings (SSSR count). The van der Waals surface area contributed by atoms with E-state index >= 15 is 0 Å². The number of aliphatic hydroxyl groups is 1. The van der Waals surface area contributed by atoms with E-state index in [-0.39, 0.29) is 18.8 Å². The summed E-state index contributed by atoms with van der Waals surface area (Å²) < 4.78 is 1.38. The Morgan fingerprint density at radius 1 is 1.40 bits per heavy atom. The summed E-state index contributed by atoms with van der Waals surface area (Å²) >= 11 is 5.77. The van der Waals surface area contributed by atoms with Crippen molar-refractivity contribution in [3.63, 3.8) is 0 Å². The lowest BCUT2D eigenvalue weighted by Crippen LogP contribution is -2.21. The van der Waals surface area contributed by atoms with Crippen LogP contribution < -0.4 is 5.32 Å². The van der Waals surface area contributed by atoms with Crippen LogP contribution in [0.25, 0.3) is 0 Å². The Kier molecular flexibility index (Phi) is 4.54. The minimum absolute atomic E-state index is 0.0921. The van der Waals surface area contributed by atoms with Crippen molar-refractivity contribution in [1.82, 2.24) is 15.0 Å². The number of rotatable bonds is 6. The zero-order valence-corrected chi connectivity index (χ0v) is 11.2. The van der Waals surface area contributed by atoms with Crippen molar-refractivity contribution in [1.29, 1.82) is 0 Å². The van der Waals surface area contributed by atoms with Crippen LogP contribution in [-0.4, -0.2) is 37.8 Å². The minimum Gasteiger partial charge on any atom is -0.479 e. The standard InChI is InChI=1S/C12H13ClN4O3/c13-8-1-3-9(4-2-8)14-11(12(19)20)10-7-17(5-6-18)16-15-10/h1-4,7,11,14,18H,5-6H2,(H,19,20). The van der Waals surface area contributed by atoms with Crippen molar-refractivity contribution < 1.29 is 15.0 Å². The normalized spacial score (nSPS) is 12.1. The van der Waals surface area contributed by atoms with Gasteiger partial charge in [-0.3, -0.25) is 0 Å². The zero-order valence-electron chi connectivity index (χ0n) is 10.4. The number of carbonyl (C=O) groups is 1. The largest absolute Gasteiger partial charge is 0.479 e. The minimum atomic E-state index is -1.07. The summed E-state index contributed by atoms with van der Waals surface area (Å²) in [6.07, 6.45) is 1.48. The molecule has 0 aliphatic carbocycles. The van der Waals surface area contributed by atoms with E-state index in [0.29, 0.717) is 10.7 Å². The van der Waals surface area contributed by atoms with Crippen LogP contribution >= 0.6 is 11.6 Å². The Morgan fingerprint density at radius 3 is 2.70 bits per heavy atom. The number of hydrogen-bond donors (Lipinski definition) is 3. The first-order valence-corrected chi connectivity index (χ1v) is 6.24. The molecular weight excluding hydrogens is 284 g/mol. The number of carboxylic acid groups (broad SMARTS) is 1. The van der Waals surface area contributed by atoms with Crippen molar-refractivity contribution in [2.24, 2.45) is 0 Å². The fraction of sp³-hybridized carbons (Fsp3) is 0.250. The first kappa shape index (κ1) is 14.3. The van der Waals surface area contributed by atoms with Gasteiger partial charge in [-0.1, -0.05) is 16.8 Å². The number of hydrogen-bond acceptors (Lipinski definition) is 5. The number of anilines is 1. The highest BCUT2D eigenvalue weighted by Crippen LogP contribution is 2.20. The summed E-state index contributed by atoms with van der Waals surface area (Å²) in [6, 6.07) is 5.65. The van der Waals surface area contributed by atoms with Crippen molar-refractivity contribution >= 4 is 23.3 Å². The highest BCUT2D eigenvalue weighted by Gasteiger charge is 2.23. The molecular formula is C12H13ClN4O3. The number of halogens is 1. The van der Waals surface area contributed by atoms with E-state index in [1.165, 1.54) is 10.9 Å². The highest BCUT2D eigenvalue weighted by molar-refractivity contribution is 6.30. The van der Waals surface area contributed by atoms with Gasteiger partial charge >= 0.3 is 5.97 Å². The molecule has 0 aliphatic rings. The molecule has 1 aromatic heterocycles. The number of carboxylic acids is 1. The van der Waals surface area contributed by atoms with E-state index in [2.05, 4.69) is 15.6 Å². The fourth-order valence-corrected chi connectivity index (χ4v) is 1.76. The van der Waals surface area contributed by atoms with Crippen LogP contribution in [0.4, 0.5) is 5.69 Å². The zero-order chi connectivity index (χ0) is 14.5. The molecule has 2 aromatic rings. The molecule has 0 aliphatic heterocycles. The van der Waals surface area contributed by atoms with E-state index in [0.717, 1.165) is 0 Å². The van der Waals surface area contributed by atoms with Gasteiger partial charge in [-0.25, -0.2) is 9.48 Å². The molecule has 0 fully saturated rings. The third-order valence-electron chi connectivity index (χ3n) is 2.58. The van der Waals surface area contributed by atoms with Crippen molar-refractivity contribution in [3.8, 4) is 0 Å². The maximum atomic E-state index is 11.3. The molecule has 0 saturated carbocycles. The molecule has 0 bridgehead atoms. The topological polar surface area (TPSA) is 100 Å². The van der Waals surface area contributed by atoms with Crippen LogP contribution in [0.1, 0.15) is 11.7 Å². The van der Waals surface area contributed by atoms with Gasteiger partial charge in [0.1, 0.15) is 5.69 Å². The number of nitrogens with one attached hydrogen (secondary N) is 1. The van der Waals surface area contributed by atoms with Gasteiger partial charge in [-0.05, 0) is 24.3 Å². The van der Waals surface area contributed by atoms with Crippen molar-refractivity contribution in [3.05, 3.63) is 41.2 Å². The summed E-state index contributed by atoms with van der Waals surface area (Å²) in [5.41, 5.74) is 0.874. The van der Waals surface area contributed by atoms with Gasteiger partial charge in [0.05, 0.1) is 19.3 Å². The predicted octanol–water partition coefficient (Wildman–Crippen LogP) is 1.16. The van der Waals surface area contributed by atoms with Crippen LogP contribution in [0.5, 0.6) is 0 Å². The smallest absolute Gasteiger partial charge is 0.332 e. The Labute approximate surface area is 119 Å². The first-order chi connectivity index (χ1) is 9.60. The lowest BCUT2D eigenvalue weighted by atomic mass is 10.2. The molecule has 1 atom stereocenters. The predicted molar refractivity (Wildman–Crippen MR) is 72.6 cm³/mol. The van der Waals surface area contributed by atoms with Gasteiger partial charge in [0, 0.05) is 10.7 Å². The number of nitrogens with zero attached hydrogens (tertiary/aromatic N) is 3. The number of aromatic nitrogens is 3. The molecule has 1 unspecified atom stereocenters. The quantitative estimate of drug-likeness (QED) is 0.739. The average Bonchev–Trinajstić information content (AvgIpc) is 2.86.